The van der Waals surface area contributed by atoms with Crippen LogP contribution in [-0.2, 0) is 30.3 Å². The molecule has 12 heteroatoms. The molecule has 1 unspecified atom stereocenters. The van der Waals surface area contributed by atoms with Crippen molar-refractivity contribution < 1.29 is 37.4 Å². The monoisotopic (exact) mass is 367 g/mol. The Balaban J connectivity index is 2.86. The summed E-state index contributed by atoms with van der Waals surface area (Å²) in [6.45, 7) is 4.48. The van der Waals surface area contributed by atoms with Crippen LogP contribution in [0.3, 0.4) is 0 Å². The zero-order valence-corrected chi connectivity index (χ0v) is 14.6. The van der Waals surface area contributed by atoms with Crippen LogP contribution < -0.4 is 5.32 Å². The lowest BCUT2D eigenvalue weighted by Crippen LogP contribution is -2.55. The number of amides is 2. The molecule has 2 atom stereocenters. The van der Waals surface area contributed by atoms with Crippen molar-refractivity contribution in [2.75, 3.05) is 26.8 Å². The first-order valence-electron chi connectivity index (χ1n) is 6.95. The highest BCUT2D eigenvalue weighted by Gasteiger charge is 2.36. The van der Waals surface area contributed by atoms with E-state index >= 15 is 0 Å². The fourth-order valence-electron chi connectivity index (χ4n) is 1.76. The summed E-state index contributed by atoms with van der Waals surface area (Å²) in [5.41, 5.74) is -0.803. The van der Waals surface area contributed by atoms with Gasteiger partial charge in [0.1, 0.15) is 18.2 Å². The molecule has 0 saturated carbocycles. The third-order valence-electron chi connectivity index (χ3n) is 2.70. The van der Waals surface area contributed by atoms with E-state index in [2.05, 4.69) is 14.8 Å². The van der Waals surface area contributed by atoms with Crippen molar-refractivity contribution in [1.29, 1.82) is 0 Å². The van der Waals surface area contributed by atoms with Gasteiger partial charge in [0.15, 0.2) is 0 Å². The van der Waals surface area contributed by atoms with E-state index in [-0.39, 0.29) is 13.2 Å². The Hall–Kier alpha value is -1.92. The molecule has 0 spiro atoms. The van der Waals surface area contributed by atoms with Crippen molar-refractivity contribution in [2.24, 2.45) is 0 Å². The Kier molecular flexibility index (Phi) is 6.93. The second-order valence-corrected chi connectivity index (χ2v) is 6.61. The zero-order chi connectivity index (χ0) is 18.5. The van der Waals surface area contributed by atoms with Gasteiger partial charge >= 0.3 is 18.2 Å². The number of cyclic esters (lactones) is 1. The van der Waals surface area contributed by atoms with Gasteiger partial charge in [-0.3, -0.25) is 4.55 Å². The standard InChI is InChI=1S/C12H21N3O8S/c1-12(2,3)23-10(17)13-8(9(16)21-4)7-15(24(19)20)14-5-6-22-11(14)18/h8H,5-7H2,1-4H3,(H,13,17)(H,19,20)/t8-/m0/s1. The minimum absolute atomic E-state index is 0.0332. The number of carbonyl (C=O) groups excluding carboxylic acids is 3. The van der Waals surface area contributed by atoms with Crippen LogP contribution in [0.4, 0.5) is 9.59 Å². The number of carbonyl (C=O) groups is 3. The first-order chi connectivity index (χ1) is 11.0. The maximum atomic E-state index is 11.8. The molecule has 1 fully saturated rings. The van der Waals surface area contributed by atoms with Gasteiger partial charge in [-0.25, -0.2) is 23.6 Å². The van der Waals surface area contributed by atoms with Gasteiger partial charge in [0, 0.05) is 0 Å². The minimum Gasteiger partial charge on any atom is -0.467 e. The van der Waals surface area contributed by atoms with Gasteiger partial charge in [0.05, 0.1) is 20.2 Å². The number of ether oxygens (including phenoxy) is 3. The molecule has 0 bridgehead atoms. The summed E-state index contributed by atoms with van der Waals surface area (Å²) in [5.74, 6) is -0.871. The maximum Gasteiger partial charge on any atom is 0.425 e. The predicted octanol–water partition coefficient (Wildman–Crippen LogP) is -0.141. The van der Waals surface area contributed by atoms with Crippen molar-refractivity contribution in [2.45, 2.75) is 32.4 Å². The largest absolute Gasteiger partial charge is 0.467 e. The Morgan fingerprint density at radius 2 is 2.12 bits per heavy atom. The first kappa shape index (κ1) is 20.1. The zero-order valence-electron chi connectivity index (χ0n) is 13.8. The molecule has 1 aliphatic heterocycles. The number of hydrogen-bond donors (Lipinski definition) is 2. The molecule has 138 valence electrons. The predicted molar refractivity (Wildman–Crippen MR) is 80.7 cm³/mol. The van der Waals surface area contributed by atoms with Crippen LogP contribution in [0.5, 0.6) is 0 Å². The normalized spacial score (nSPS) is 17.2. The quantitative estimate of drug-likeness (QED) is 0.376. The van der Waals surface area contributed by atoms with E-state index in [4.69, 9.17) is 4.74 Å². The molecule has 1 rings (SSSR count). The van der Waals surface area contributed by atoms with Gasteiger partial charge in [0.2, 0.25) is 0 Å². The fraction of sp³-hybridized carbons (Fsp3) is 0.750. The van der Waals surface area contributed by atoms with Gasteiger partial charge in [-0.2, -0.15) is 0 Å². The molecule has 1 aliphatic rings. The Morgan fingerprint density at radius 3 is 2.54 bits per heavy atom. The van der Waals surface area contributed by atoms with E-state index < -0.39 is 47.6 Å². The molecule has 0 radical (unpaired) electrons. The number of rotatable bonds is 6. The second-order valence-electron chi connectivity index (χ2n) is 5.72. The van der Waals surface area contributed by atoms with Crippen LogP contribution in [0.15, 0.2) is 0 Å². The minimum atomic E-state index is -2.63. The number of nitrogens with zero attached hydrogens (tertiary/aromatic N) is 2. The number of esters is 1. The van der Waals surface area contributed by atoms with Crippen molar-refractivity contribution in [3.63, 3.8) is 0 Å². The summed E-state index contributed by atoms with van der Waals surface area (Å²) in [6.07, 6.45) is -1.75. The van der Waals surface area contributed by atoms with Crippen LogP contribution in [0.1, 0.15) is 20.8 Å². The lowest BCUT2D eigenvalue weighted by molar-refractivity contribution is -0.143. The molecule has 1 saturated heterocycles. The summed E-state index contributed by atoms with van der Waals surface area (Å²) in [7, 11) is 1.09. The third kappa shape index (κ3) is 5.94. The Labute approximate surface area is 141 Å². The van der Waals surface area contributed by atoms with Crippen LogP contribution in [0.25, 0.3) is 0 Å². The SMILES string of the molecule is COC(=O)[C@H](CN(N1CCOC1=O)S(=O)O)NC(=O)OC(C)(C)C. The summed E-state index contributed by atoms with van der Waals surface area (Å²) in [4.78, 5) is 35.2. The Morgan fingerprint density at radius 1 is 1.50 bits per heavy atom. The van der Waals surface area contributed by atoms with Crippen molar-refractivity contribution in [3.8, 4) is 0 Å². The lowest BCUT2D eigenvalue weighted by Gasteiger charge is -2.29. The third-order valence-corrected chi connectivity index (χ3v) is 3.41. The lowest BCUT2D eigenvalue weighted by atomic mass is 10.2. The van der Waals surface area contributed by atoms with Crippen LogP contribution in [0.2, 0.25) is 0 Å². The number of hydrazine groups is 1. The summed E-state index contributed by atoms with van der Waals surface area (Å²) in [6, 6.07) is -1.34. The molecule has 2 amide bonds. The fourth-order valence-corrected chi connectivity index (χ4v) is 2.36. The average molecular weight is 367 g/mol. The van der Waals surface area contributed by atoms with Gasteiger partial charge in [0.25, 0.3) is 11.3 Å². The molecule has 11 nitrogen and oxygen atoms in total. The molecule has 0 aromatic rings. The van der Waals surface area contributed by atoms with Crippen LogP contribution >= 0.6 is 0 Å². The van der Waals surface area contributed by atoms with E-state index in [1.54, 1.807) is 20.8 Å². The average Bonchev–Trinajstić information content (AvgIpc) is 2.86. The topological polar surface area (TPSA) is 135 Å². The van der Waals surface area contributed by atoms with E-state index in [0.717, 1.165) is 12.1 Å². The van der Waals surface area contributed by atoms with Crippen LogP contribution in [0, 0.1) is 0 Å². The van der Waals surface area contributed by atoms with Crippen molar-refractivity contribution in [3.05, 3.63) is 0 Å². The van der Waals surface area contributed by atoms with Gasteiger partial charge < -0.3 is 19.5 Å². The molecule has 1 heterocycles. The summed E-state index contributed by atoms with van der Waals surface area (Å²) in [5, 5.41) is 3.11. The Bertz CT molecular complexity index is 521. The molecule has 0 aromatic carbocycles. The second kappa shape index (κ2) is 8.26. The highest BCUT2D eigenvalue weighted by Crippen LogP contribution is 2.12. The molecular weight excluding hydrogens is 346 g/mol. The van der Waals surface area contributed by atoms with Gasteiger partial charge in [-0.15, -0.1) is 4.41 Å². The number of hydrogen-bond acceptors (Lipinski definition) is 7. The number of nitrogens with one attached hydrogen (secondary N) is 1. The van der Waals surface area contributed by atoms with Gasteiger partial charge in [-0.05, 0) is 20.8 Å². The van der Waals surface area contributed by atoms with E-state index in [1.165, 1.54) is 0 Å². The summed E-state index contributed by atoms with van der Waals surface area (Å²) < 4.78 is 35.8. The molecular formula is C12H21N3O8S. The molecule has 0 aliphatic carbocycles. The van der Waals surface area contributed by atoms with Crippen LogP contribution in [-0.4, -0.2) is 74.8 Å². The van der Waals surface area contributed by atoms with E-state index in [1.807, 2.05) is 0 Å². The number of alkyl carbamates (subject to hydrolysis) is 1. The molecule has 24 heavy (non-hydrogen) atoms. The van der Waals surface area contributed by atoms with Crippen molar-refractivity contribution >= 4 is 29.4 Å². The number of methoxy groups -OCH3 is 1. The smallest absolute Gasteiger partial charge is 0.425 e. The first-order valence-corrected chi connectivity index (χ1v) is 8.01. The van der Waals surface area contributed by atoms with E-state index in [9.17, 15) is 23.1 Å². The summed E-state index contributed by atoms with van der Waals surface area (Å²) >= 11 is -2.63. The highest BCUT2D eigenvalue weighted by molar-refractivity contribution is 7.76. The van der Waals surface area contributed by atoms with E-state index in [0.29, 0.717) is 4.41 Å². The molecule has 0 aromatic heterocycles. The van der Waals surface area contributed by atoms with Gasteiger partial charge in [-0.1, -0.05) is 0 Å². The maximum absolute atomic E-state index is 11.8. The molecule has 2 N–H and O–H groups in total. The highest BCUT2D eigenvalue weighted by atomic mass is 32.2. The van der Waals surface area contributed by atoms with Crippen molar-refractivity contribution in [1.82, 2.24) is 14.7 Å².